The van der Waals surface area contributed by atoms with E-state index < -0.39 is 20.1 Å². The van der Waals surface area contributed by atoms with Crippen molar-refractivity contribution < 1.29 is 13.2 Å². The topological polar surface area (TPSA) is 77.8 Å². The number of hydrogen-bond donors (Lipinski definition) is 3. The van der Waals surface area contributed by atoms with Crippen molar-refractivity contribution in [3.05, 3.63) is 0 Å². The van der Waals surface area contributed by atoms with Crippen molar-refractivity contribution in [3.8, 4) is 0 Å². The van der Waals surface area contributed by atoms with Gasteiger partial charge in [0, 0.05) is 23.9 Å². The van der Waals surface area contributed by atoms with Crippen molar-refractivity contribution in [2.24, 2.45) is 0 Å². The molecule has 0 aromatic heterocycles. The van der Waals surface area contributed by atoms with Crippen LogP contribution in [0.3, 0.4) is 0 Å². The Balaban J connectivity index is 0. The molecule has 0 rings (SSSR count). The third-order valence-corrected chi connectivity index (χ3v) is 0. The SMILES string of the molecule is [O]=[Sb]([OH])([OH])[OH].[Sn]. The first-order valence-corrected chi connectivity index (χ1v) is 5.25. The zero-order valence-corrected chi connectivity index (χ0v) is 8.10. The summed E-state index contributed by atoms with van der Waals surface area (Å²) < 4.78 is 30.8. The van der Waals surface area contributed by atoms with Gasteiger partial charge in [0.2, 0.25) is 0 Å². The van der Waals surface area contributed by atoms with Crippen LogP contribution in [0.2, 0.25) is 0 Å². The molecule has 3 N–H and O–H groups in total. The van der Waals surface area contributed by atoms with Gasteiger partial charge in [0.25, 0.3) is 0 Å². The molecule has 6 heteroatoms. The minimum Gasteiger partial charge on any atom is 0 e. The van der Waals surface area contributed by atoms with Crippen molar-refractivity contribution in [1.29, 1.82) is 0 Å². The van der Waals surface area contributed by atoms with Crippen LogP contribution in [0.5, 0.6) is 0 Å². The first kappa shape index (κ1) is 10.3. The van der Waals surface area contributed by atoms with Crippen molar-refractivity contribution in [3.63, 3.8) is 0 Å². The van der Waals surface area contributed by atoms with E-state index in [1.807, 2.05) is 0 Å². The molecule has 0 aliphatic heterocycles. The fourth-order valence-corrected chi connectivity index (χ4v) is 0. The van der Waals surface area contributed by atoms with E-state index in [4.69, 9.17) is 13.2 Å². The van der Waals surface area contributed by atoms with Crippen molar-refractivity contribution in [1.82, 2.24) is 0 Å². The molecule has 0 aromatic rings. The van der Waals surface area contributed by atoms with Gasteiger partial charge in [0.1, 0.15) is 0 Å². The van der Waals surface area contributed by atoms with Gasteiger partial charge < -0.3 is 0 Å². The fourth-order valence-electron chi connectivity index (χ4n) is 0. The molecule has 0 saturated heterocycles. The Bertz CT molecular complexity index is 53.7. The largest absolute Gasteiger partial charge is 0 e. The van der Waals surface area contributed by atoms with E-state index in [-0.39, 0.29) is 23.9 Å². The van der Waals surface area contributed by atoms with Crippen LogP contribution in [0.1, 0.15) is 0 Å². The summed E-state index contributed by atoms with van der Waals surface area (Å²) in [5.41, 5.74) is 0. The first-order chi connectivity index (χ1) is 2.00. The van der Waals surface area contributed by atoms with Crippen LogP contribution in [0, 0.1) is 0 Å². The van der Waals surface area contributed by atoms with Gasteiger partial charge in [-0.15, -0.1) is 0 Å². The summed E-state index contributed by atoms with van der Waals surface area (Å²) in [4.78, 5) is 0. The molecule has 0 amide bonds. The van der Waals surface area contributed by atoms with Crippen LogP contribution in [-0.2, 0) is 3.02 Å². The van der Waals surface area contributed by atoms with Crippen LogP contribution >= 0.6 is 0 Å². The third-order valence-electron chi connectivity index (χ3n) is 0. The summed E-state index contributed by atoms with van der Waals surface area (Å²) in [6.45, 7) is 0. The monoisotopic (exact) mass is 308 g/mol. The van der Waals surface area contributed by atoms with Gasteiger partial charge in [-0.05, 0) is 0 Å². The zero-order valence-electron chi connectivity index (χ0n) is 2.70. The van der Waals surface area contributed by atoms with Crippen molar-refractivity contribution in [2.45, 2.75) is 0 Å². The van der Waals surface area contributed by atoms with Crippen LogP contribution in [0.4, 0.5) is 0 Å². The quantitative estimate of drug-likeness (QED) is 0.431. The molecule has 0 aliphatic carbocycles. The van der Waals surface area contributed by atoms with E-state index in [1.165, 1.54) is 0 Å². The van der Waals surface area contributed by atoms with Gasteiger partial charge in [0.05, 0.1) is 0 Å². The molecule has 4 nitrogen and oxygen atoms in total. The molecule has 0 aromatic carbocycles. The second kappa shape index (κ2) is 3.32. The van der Waals surface area contributed by atoms with Crippen LogP contribution < -0.4 is 0 Å². The second-order valence-electron chi connectivity index (χ2n) is 0.513. The Morgan fingerprint density at radius 2 is 1.17 bits per heavy atom. The molecular weight excluding hydrogens is 304 g/mol. The Morgan fingerprint density at radius 3 is 1.17 bits per heavy atom. The predicted molar refractivity (Wildman–Crippen MR) is 18.9 cm³/mol. The van der Waals surface area contributed by atoms with Gasteiger partial charge in [-0.1, -0.05) is 0 Å². The Hall–Kier alpha value is 1.30. The normalized spacial score (nSPS) is 9.83. The fraction of sp³-hybridized carbons (Fsp3) is 0. The van der Waals surface area contributed by atoms with E-state index in [2.05, 4.69) is 0 Å². The average Bonchev–Trinajstić information content (AvgIpc) is 0.722. The number of hydrogen-bond acceptors (Lipinski definition) is 1. The molecular formula is H3O4SbSn. The van der Waals surface area contributed by atoms with Gasteiger partial charge in [-0.2, -0.15) is 0 Å². The summed E-state index contributed by atoms with van der Waals surface area (Å²) in [6, 6.07) is 0. The van der Waals surface area contributed by atoms with Gasteiger partial charge in [0.15, 0.2) is 0 Å². The molecule has 0 unspecified atom stereocenters. The molecule has 4 radical (unpaired) electrons. The summed E-state index contributed by atoms with van der Waals surface area (Å²) in [5, 5.41) is 0. The number of rotatable bonds is 0. The van der Waals surface area contributed by atoms with Gasteiger partial charge in [-0.25, -0.2) is 0 Å². The predicted octanol–water partition coefficient (Wildman–Crippen LogP) is -2.55. The summed E-state index contributed by atoms with van der Waals surface area (Å²) in [5.74, 6) is 0. The molecule has 0 heterocycles. The molecule has 0 fully saturated rings. The molecule has 0 aliphatic rings. The molecule has 0 atom stereocenters. The van der Waals surface area contributed by atoms with E-state index >= 15 is 0 Å². The second-order valence-corrected chi connectivity index (χ2v) is 3.44. The van der Waals surface area contributed by atoms with Gasteiger partial charge in [-0.3, -0.25) is 0 Å². The third kappa shape index (κ3) is 58.1. The minimum atomic E-state index is -5.35. The maximum Gasteiger partial charge on any atom is 0 e. The van der Waals surface area contributed by atoms with Crippen molar-refractivity contribution in [2.75, 3.05) is 0 Å². The average molecular weight is 307 g/mol. The van der Waals surface area contributed by atoms with Gasteiger partial charge >= 0.3 is 33.2 Å². The maximum atomic E-state index is 8.97. The van der Waals surface area contributed by atoms with E-state index in [9.17, 15) is 0 Å². The zero-order chi connectivity index (χ0) is 4.50. The molecule has 0 bridgehead atoms. The smallest absolute Gasteiger partial charge is 0 e. The Morgan fingerprint density at radius 1 is 1.17 bits per heavy atom. The van der Waals surface area contributed by atoms with Crippen LogP contribution in [0.15, 0.2) is 0 Å². The van der Waals surface area contributed by atoms with Crippen LogP contribution in [0.25, 0.3) is 0 Å². The standard InChI is InChI=1S/3H2O.O.Sb.Sn/h3*1H2;;;/q;;;;+3;/p-3. The minimum absolute atomic E-state index is 0. The summed E-state index contributed by atoms with van der Waals surface area (Å²) >= 11 is -5.35. The van der Waals surface area contributed by atoms with E-state index in [0.29, 0.717) is 0 Å². The maximum absolute atomic E-state index is 8.97. The molecule has 0 spiro atoms. The molecule has 0 saturated carbocycles. The van der Waals surface area contributed by atoms with Crippen LogP contribution in [-0.4, -0.2) is 54.1 Å². The summed E-state index contributed by atoms with van der Waals surface area (Å²) in [6.07, 6.45) is 0. The Labute approximate surface area is 56.8 Å². The molecule has 6 heavy (non-hydrogen) atoms. The van der Waals surface area contributed by atoms with Crippen molar-refractivity contribution >= 4 is 44.0 Å². The Kier molecular flexibility index (Phi) is 5.70. The first-order valence-electron chi connectivity index (χ1n) is 0.783. The molecule has 36 valence electrons. The summed E-state index contributed by atoms with van der Waals surface area (Å²) in [7, 11) is 0. The van der Waals surface area contributed by atoms with E-state index in [1.54, 1.807) is 0 Å². The van der Waals surface area contributed by atoms with E-state index in [0.717, 1.165) is 0 Å².